The van der Waals surface area contributed by atoms with E-state index < -0.39 is 6.85 Å². The van der Waals surface area contributed by atoms with Crippen molar-refractivity contribution in [3.05, 3.63) is 69.6 Å². The van der Waals surface area contributed by atoms with Crippen LogP contribution in [0.25, 0.3) is 38.2 Å². The van der Waals surface area contributed by atoms with Crippen LogP contribution in [0.2, 0.25) is 0 Å². The van der Waals surface area contributed by atoms with Gasteiger partial charge in [-0.25, -0.2) is 9.55 Å². The lowest BCUT2D eigenvalue weighted by Crippen LogP contribution is -2.32. The van der Waals surface area contributed by atoms with E-state index in [1.807, 2.05) is 55.2 Å². The van der Waals surface area contributed by atoms with Crippen molar-refractivity contribution < 1.29 is 8.68 Å². The summed E-state index contributed by atoms with van der Waals surface area (Å²) in [6.45, 7) is 3.93. The monoisotopic (exact) mass is 414 g/mol. The van der Waals surface area contributed by atoms with Gasteiger partial charge in [-0.05, 0) is 67.5 Å². The summed E-state index contributed by atoms with van der Waals surface area (Å²) in [7, 11) is 1.99. The maximum Gasteiger partial charge on any atom is 0.287 e. The van der Waals surface area contributed by atoms with E-state index in [4.69, 9.17) is 14.1 Å². The van der Waals surface area contributed by atoms with Crippen LogP contribution in [0.4, 0.5) is 0 Å². The van der Waals surface area contributed by atoms with Gasteiger partial charge in [0.2, 0.25) is 5.52 Å². The average molecular weight is 415 g/mol. The summed E-state index contributed by atoms with van der Waals surface area (Å²) in [4.78, 5) is 10.8. The molecule has 4 nitrogen and oxygen atoms in total. The summed E-state index contributed by atoms with van der Waals surface area (Å²) in [5.74, 6) is 0.945. The van der Waals surface area contributed by atoms with Crippen LogP contribution < -0.4 is 4.57 Å². The molecule has 148 valence electrons. The summed E-state index contributed by atoms with van der Waals surface area (Å²) in [6, 6.07) is 9.89. The Morgan fingerprint density at radius 3 is 2.83 bits per heavy atom. The van der Waals surface area contributed by atoms with E-state index in [2.05, 4.69) is 18.4 Å². The van der Waals surface area contributed by atoms with Gasteiger partial charge in [0, 0.05) is 26.5 Å². The van der Waals surface area contributed by atoms with Gasteiger partial charge in [-0.15, -0.1) is 11.3 Å². The Morgan fingerprint density at radius 2 is 2.00 bits per heavy atom. The molecule has 1 aliphatic rings. The fourth-order valence-electron chi connectivity index (χ4n) is 4.72. The molecule has 6 rings (SSSR count). The van der Waals surface area contributed by atoms with Gasteiger partial charge in [-0.2, -0.15) is 0 Å². The molecule has 5 heteroatoms. The predicted molar refractivity (Wildman–Crippen MR) is 123 cm³/mol. The van der Waals surface area contributed by atoms with E-state index in [1.54, 1.807) is 11.3 Å². The Morgan fingerprint density at radius 1 is 1.17 bits per heavy atom. The molecular weight excluding hydrogens is 388 g/mol. The molecule has 0 spiro atoms. The second-order valence-electron chi connectivity index (χ2n) is 8.12. The van der Waals surface area contributed by atoms with Crippen LogP contribution >= 0.6 is 11.3 Å². The zero-order valence-electron chi connectivity index (χ0n) is 20.4. The Bertz CT molecular complexity index is 1630. The van der Waals surface area contributed by atoms with E-state index in [0.717, 1.165) is 55.1 Å². The smallest absolute Gasteiger partial charge is 0.287 e. The number of hydrogen-bond acceptors (Lipinski definition) is 3. The topological polar surface area (TPSA) is 34.6 Å². The first-order valence-electron chi connectivity index (χ1n) is 11.5. The van der Waals surface area contributed by atoms with Crippen molar-refractivity contribution >= 4 is 32.6 Å². The summed E-state index contributed by atoms with van der Waals surface area (Å²) < 4.78 is 30.1. The van der Waals surface area contributed by atoms with Crippen molar-refractivity contribution in [2.24, 2.45) is 7.05 Å². The molecule has 0 saturated heterocycles. The number of aryl methyl sites for hydroxylation is 4. The van der Waals surface area contributed by atoms with Gasteiger partial charge < -0.3 is 0 Å². The number of imidazole rings is 1. The molecule has 0 saturated carbocycles. The number of hydrogen-bond donors (Lipinski definition) is 0. The molecule has 5 aromatic rings. The van der Waals surface area contributed by atoms with Gasteiger partial charge in [0.25, 0.3) is 6.33 Å². The highest BCUT2D eigenvalue weighted by atomic mass is 32.1. The molecule has 0 radical (unpaired) electrons. The Kier molecular flexibility index (Phi) is 2.96. The first-order valence-corrected chi connectivity index (χ1v) is 10.9. The second kappa shape index (κ2) is 5.99. The fraction of sp³-hybridized carbons (Fsp3) is 0.240. The van der Waals surface area contributed by atoms with Crippen LogP contribution in [0.5, 0.6) is 0 Å². The number of nitrogens with zero attached hydrogens (tertiary/aromatic N) is 4. The molecular formula is C25H23N4S+. The fourth-order valence-corrected chi connectivity index (χ4v) is 5.93. The molecule has 1 aliphatic heterocycles. The first-order chi connectivity index (χ1) is 15.7. The Balaban J connectivity index is 1.77. The van der Waals surface area contributed by atoms with Crippen LogP contribution in [0.1, 0.15) is 37.1 Å². The van der Waals surface area contributed by atoms with Gasteiger partial charge in [0.05, 0.1) is 23.8 Å². The summed E-state index contributed by atoms with van der Waals surface area (Å²) >= 11 is 1.72. The van der Waals surface area contributed by atoms with Crippen LogP contribution in [0.3, 0.4) is 0 Å². The van der Waals surface area contributed by atoms with Gasteiger partial charge >= 0.3 is 0 Å². The predicted octanol–water partition coefficient (Wildman–Crippen LogP) is 5.26. The van der Waals surface area contributed by atoms with Crippen LogP contribution in [0.15, 0.2) is 36.7 Å². The van der Waals surface area contributed by atoms with Crippen molar-refractivity contribution in [1.29, 1.82) is 0 Å². The zero-order valence-corrected chi connectivity index (χ0v) is 18.2. The Hall–Kier alpha value is -3.05. The molecule has 30 heavy (non-hydrogen) atoms. The number of rotatable bonds is 1. The maximum atomic E-state index is 8.29. The zero-order chi connectivity index (χ0) is 23.2. The Labute approximate surface area is 183 Å². The third-order valence-electron chi connectivity index (χ3n) is 6.40. The van der Waals surface area contributed by atoms with E-state index in [1.165, 1.54) is 10.4 Å². The third-order valence-corrected chi connectivity index (χ3v) is 7.60. The first kappa shape index (κ1) is 14.9. The SMILES string of the molecule is [2H]C([2H])([2H])c1cc2c(c(-c3c4sc(C)c(C)c4nc[n+]3C)c1C)Cc1nc3ccccc3n1-2. The molecule has 0 atom stereocenters. The molecule has 0 bridgehead atoms. The van der Waals surface area contributed by atoms with Crippen LogP contribution in [-0.4, -0.2) is 14.5 Å². The van der Waals surface area contributed by atoms with E-state index in [9.17, 15) is 0 Å². The summed E-state index contributed by atoms with van der Waals surface area (Å²) in [5.41, 5.74) is 9.34. The minimum absolute atomic E-state index is 0.386. The lowest BCUT2D eigenvalue weighted by molar-refractivity contribution is -0.662. The number of para-hydroxylation sites is 2. The third kappa shape index (κ3) is 2.18. The number of thiophene rings is 1. The lowest BCUT2D eigenvalue weighted by Gasteiger charge is -2.16. The normalized spacial score (nSPS) is 14.6. The maximum absolute atomic E-state index is 8.29. The van der Waals surface area contributed by atoms with Crippen LogP contribution in [-0.2, 0) is 13.5 Å². The molecule has 3 aromatic heterocycles. The van der Waals surface area contributed by atoms with Gasteiger partial charge in [0.1, 0.15) is 10.5 Å². The van der Waals surface area contributed by atoms with Crippen molar-refractivity contribution in [2.45, 2.75) is 34.0 Å². The molecule has 0 fully saturated rings. The minimum atomic E-state index is -2.22. The summed E-state index contributed by atoms with van der Waals surface area (Å²) in [5, 5.41) is 0. The van der Waals surface area contributed by atoms with Gasteiger partial charge in [0.15, 0.2) is 5.69 Å². The average Bonchev–Trinajstić information content (AvgIpc) is 3.38. The summed E-state index contributed by atoms with van der Waals surface area (Å²) in [6.07, 6.45) is 2.50. The van der Waals surface area contributed by atoms with Crippen LogP contribution in [0, 0.1) is 27.6 Å². The molecule has 0 amide bonds. The lowest BCUT2D eigenvalue weighted by atomic mass is 9.92. The highest BCUT2D eigenvalue weighted by molar-refractivity contribution is 7.19. The highest BCUT2D eigenvalue weighted by Crippen LogP contribution is 2.43. The van der Waals surface area contributed by atoms with Gasteiger partial charge in [-0.1, -0.05) is 12.1 Å². The van der Waals surface area contributed by atoms with Crippen molar-refractivity contribution in [2.75, 3.05) is 0 Å². The van der Waals surface area contributed by atoms with Gasteiger partial charge in [-0.3, -0.25) is 4.57 Å². The molecule has 0 N–H and O–H groups in total. The van der Waals surface area contributed by atoms with Crippen molar-refractivity contribution in [3.8, 4) is 16.9 Å². The minimum Gasteiger partial charge on any atom is -0.296 e. The molecule has 2 aromatic carbocycles. The van der Waals surface area contributed by atoms with Crippen molar-refractivity contribution in [1.82, 2.24) is 14.5 Å². The quantitative estimate of drug-likeness (QED) is 0.344. The van der Waals surface area contributed by atoms with Crippen molar-refractivity contribution in [3.63, 3.8) is 0 Å². The second-order valence-corrected chi connectivity index (χ2v) is 9.34. The number of aromatic nitrogens is 4. The van der Waals surface area contributed by atoms with E-state index in [0.29, 0.717) is 12.0 Å². The molecule has 0 aliphatic carbocycles. The molecule has 4 heterocycles. The van der Waals surface area contributed by atoms with E-state index >= 15 is 0 Å². The standard InChI is InChI=1S/C25H23N4S/c1-13-10-20-17(11-21-27-18-8-6-7-9-19(18)29(20)21)22(14(13)2)24-25-23(26-12-28(24)5)15(3)16(4)30-25/h6-10,12H,11H2,1-5H3/q+1/i1D3. The largest absolute Gasteiger partial charge is 0.296 e. The van der Waals surface area contributed by atoms with E-state index in [-0.39, 0.29) is 0 Å². The molecule has 0 unspecified atom stereocenters. The number of benzene rings is 2. The highest BCUT2D eigenvalue weighted by Gasteiger charge is 2.31. The number of fused-ring (bicyclic) bond motifs is 6.